The minimum atomic E-state index is -0.294. The Hall–Kier alpha value is -1.86. The van der Waals surface area contributed by atoms with E-state index in [1.54, 1.807) is 29.3 Å². The third-order valence-electron chi connectivity index (χ3n) is 3.74. The number of pyridine rings is 1. The average molecular weight is 312 g/mol. The number of halogens is 1. The minimum Gasteiger partial charge on any atom is -0.337 e. The molecule has 3 rings (SSSR count). The van der Waals surface area contributed by atoms with E-state index in [4.69, 9.17) is 5.73 Å². The zero-order valence-corrected chi connectivity index (χ0v) is 12.3. The number of amides is 1. The molecule has 0 saturated carbocycles. The van der Waals surface area contributed by atoms with Gasteiger partial charge in [0.15, 0.2) is 5.65 Å². The molecule has 1 fully saturated rings. The van der Waals surface area contributed by atoms with E-state index in [9.17, 15) is 9.59 Å². The first-order valence-corrected chi connectivity index (χ1v) is 6.74. The van der Waals surface area contributed by atoms with Gasteiger partial charge in [-0.15, -0.1) is 17.5 Å². The van der Waals surface area contributed by atoms with E-state index < -0.39 is 0 Å². The van der Waals surface area contributed by atoms with E-state index in [0.717, 1.165) is 12.8 Å². The Kier molecular flexibility index (Phi) is 4.64. The maximum Gasteiger partial charge on any atom is 0.350 e. The molecule has 2 N–H and O–H groups in total. The lowest BCUT2D eigenvalue weighted by Crippen LogP contribution is -2.42. The average Bonchev–Trinajstić information content (AvgIpc) is 3.05. The normalized spacial score (nSPS) is 18.0. The first-order valence-electron chi connectivity index (χ1n) is 6.74. The zero-order valence-electron chi connectivity index (χ0n) is 11.5. The second-order valence-corrected chi connectivity index (χ2v) is 4.99. The zero-order chi connectivity index (χ0) is 14.1. The van der Waals surface area contributed by atoms with Gasteiger partial charge in [0.05, 0.1) is 0 Å². The smallest absolute Gasteiger partial charge is 0.337 e. The van der Waals surface area contributed by atoms with Gasteiger partial charge in [0, 0.05) is 25.3 Å². The summed E-state index contributed by atoms with van der Waals surface area (Å²) in [4.78, 5) is 26.1. The standard InChI is InChI=1S/C13H17N5O2.ClH/c14-8-10-4-3-7-16(10)12(19)9-18-13(20)17-6-2-1-5-11(17)15-18;/h1-2,5-6,10H,3-4,7-9,14H2;1H. The molecule has 0 aromatic carbocycles. The van der Waals surface area contributed by atoms with Crippen LogP contribution in [0.1, 0.15) is 12.8 Å². The Labute approximate surface area is 127 Å². The highest BCUT2D eigenvalue weighted by molar-refractivity contribution is 5.85. The molecule has 1 unspecified atom stereocenters. The van der Waals surface area contributed by atoms with Gasteiger partial charge < -0.3 is 10.6 Å². The van der Waals surface area contributed by atoms with Crippen molar-refractivity contribution >= 4 is 24.0 Å². The van der Waals surface area contributed by atoms with Crippen LogP contribution in [-0.2, 0) is 11.3 Å². The van der Waals surface area contributed by atoms with Gasteiger partial charge in [-0.05, 0) is 25.0 Å². The van der Waals surface area contributed by atoms with Crippen molar-refractivity contribution in [1.29, 1.82) is 0 Å². The fourth-order valence-corrected chi connectivity index (χ4v) is 2.70. The highest BCUT2D eigenvalue weighted by Crippen LogP contribution is 2.16. The minimum absolute atomic E-state index is 0. The summed E-state index contributed by atoms with van der Waals surface area (Å²) in [6, 6.07) is 5.39. The van der Waals surface area contributed by atoms with Crippen LogP contribution >= 0.6 is 12.4 Å². The lowest BCUT2D eigenvalue weighted by atomic mass is 10.2. The summed E-state index contributed by atoms with van der Waals surface area (Å²) in [5.41, 5.74) is 5.91. The molecular weight excluding hydrogens is 294 g/mol. The molecule has 2 aromatic rings. The van der Waals surface area contributed by atoms with Gasteiger partial charge in [-0.25, -0.2) is 9.48 Å². The number of nitrogens with two attached hydrogens (primary N) is 1. The second-order valence-electron chi connectivity index (χ2n) is 4.99. The van der Waals surface area contributed by atoms with Gasteiger partial charge >= 0.3 is 5.69 Å². The quantitative estimate of drug-likeness (QED) is 0.855. The molecule has 0 aliphatic carbocycles. The summed E-state index contributed by atoms with van der Waals surface area (Å²) in [6.45, 7) is 1.14. The van der Waals surface area contributed by atoms with Crippen molar-refractivity contribution < 1.29 is 4.79 Å². The summed E-state index contributed by atoms with van der Waals surface area (Å²) in [6.07, 6.45) is 3.54. The highest BCUT2D eigenvalue weighted by Gasteiger charge is 2.28. The lowest BCUT2D eigenvalue weighted by Gasteiger charge is -2.23. The third-order valence-corrected chi connectivity index (χ3v) is 3.74. The number of nitrogens with zero attached hydrogens (tertiary/aromatic N) is 4. The van der Waals surface area contributed by atoms with Crippen LogP contribution in [0.5, 0.6) is 0 Å². The van der Waals surface area contributed by atoms with Crippen molar-refractivity contribution in [3.05, 3.63) is 34.9 Å². The molecule has 1 amide bonds. The Bertz CT molecular complexity index is 695. The van der Waals surface area contributed by atoms with Crippen molar-refractivity contribution in [2.75, 3.05) is 13.1 Å². The number of hydrogen-bond acceptors (Lipinski definition) is 4. The van der Waals surface area contributed by atoms with Crippen molar-refractivity contribution in [3.8, 4) is 0 Å². The number of carbonyl (C=O) groups excluding carboxylic acids is 1. The number of likely N-dealkylation sites (tertiary alicyclic amines) is 1. The third kappa shape index (κ3) is 2.79. The van der Waals surface area contributed by atoms with E-state index in [-0.39, 0.29) is 36.6 Å². The van der Waals surface area contributed by atoms with Gasteiger partial charge in [0.1, 0.15) is 6.54 Å². The Morgan fingerprint density at radius 2 is 2.24 bits per heavy atom. The molecular formula is C13H18ClN5O2. The van der Waals surface area contributed by atoms with Crippen LogP contribution in [0.25, 0.3) is 5.65 Å². The number of aromatic nitrogens is 3. The van der Waals surface area contributed by atoms with E-state index in [1.165, 1.54) is 9.08 Å². The van der Waals surface area contributed by atoms with E-state index in [2.05, 4.69) is 5.10 Å². The van der Waals surface area contributed by atoms with Crippen molar-refractivity contribution in [2.45, 2.75) is 25.4 Å². The van der Waals surface area contributed by atoms with Crippen LogP contribution in [0.2, 0.25) is 0 Å². The molecule has 1 atom stereocenters. The summed E-state index contributed by atoms with van der Waals surface area (Å²) < 4.78 is 2.64. The largest absolute Gasteiger partial charge is 0.350 e. The van der Waals surface area contributed by atoms with Crippen LogP contribution in [0.15, 0.2) is 29.2 Å². The molecule has 1 aliphatic rings. The van der Waals surface area contributed by atoms with Crippen LogP contribution in [0.4, 0.5) is 0 Å². The maximum atomic E-state index is 12.3. The molecule has 3 heterocycles. The summed E-state index contributed by atoms with van der Waals surface area (Å²) in [5.74, 6) is -0.0940. The lowest BCUT2D eigenvalue weighted by molar-refractivity contribution is -0.132. The number of fused-ring (bicyclic) bond motifs is 1. The summed E-state index contributed by atoms with van der Waals surface area (Å²) in [7, 11) is 0. The molecule has 21 heavy (non-hydrogen) atoms. The van der Waals surface area contributed by atoms with Crippen molar-refractivity contribution in [2.24, 2.45) is 5.73 Å². The van der Waals surface area contributed by atoms with Gasteiger partial charge in [-0.1, -0.05) is 6.07 Å². The fraction of sp³-hybridized carbons (Fsp3) is 0.462. The summed E-state index contributed by atoms with van der Waals surface area (Å²) in [5, 5.41) is 4.16. The SMILES string of the molecule is Cl.NCC1CCCN1C(=O)Cn1nc2ccccn2c1=O. The van der Waals surface area contributed by atoms with E-state index >= 15 is 0 Å². The second kappa shape index (κ2) is 6.28. The van der Waals surface area contributed by atoms with Gasteiger partial charge in [0.25, 0.3) is 0 Å². The Morgan fingerprint density at radius 3 is 2.95 bits per heavy atom. The molecule has 8 heteroatoms. The van der Waals surface area contributed by atoms with Gasteiger partial charge in [-0.2, -0.15) is 0 Å². The molecule has 7 nitrogen and oxygen atoms in total. The first kappa shape index (κ1) is 15.5. The Balaban J connectivity index is 0.00000161. The van der Waals surface area contributed by atoms with E-state index in [1.807, 2.05) is 0 Å². The van der Waals surface area contributed by atoms with E-state index in [0.29, 0.717) is 18.7 Å². The van der Waals surface area contributed by atoms with Crippen LogP contribution in [-0.4, -0.2) is 44.1 Å². The van der Waals surface area contributed by atoms with Crippen LogP contribution in [0, 0.1) is 0 Å². The number of rotatable bonds is 3. The highest BCUT2D eigenvalue weighted by atomic mass is 35.5. The molecule has 2 aromatic heterocycles. The molecule has 0 radical (unpaired) electrons. The fourth-order valence-electron chi connectivity index (χ4n) is 2.70. The Morgan fingerprint density at radius 1 is 1.43 bits per heavy atom. The molecule has 0 spiro atoms. The van der Waals surface area contributed by atoms with Crippen LogP contribution < -0.4 is 11.4 Å². The van der Waals surface area contributed by atoms with Gasteiger partial charge in [0.2, 0.25) is 5.91 Å². The van der Waals surface area contributed by atoms with Gasteiger partial charge in [-0.3, -0.25) is 9.20 Å². The molecule has 1 aliphatic heterocycles. The molecule has 1 saturated heterocycles. The van der Waals surface area contributed by atoms with Crippen molar-refractivity contribution in [3.63, 3.8) is 0 Å². The maximum absolute atomic E-state index is 12.3. The predicted molar refractivity (Wildman–Crippen MR) is 80.5 cm³/mol. The first-order chi connectivity index (χ1) is 9.70. The topological polar surface area (TPSA) is 85.6 Å². The van der Waals surface area contributed by atoms with Crippen LogP contribution in [0.3, 0.4) is 0 Å². The summed E-state index contributed by atoms with van der Waals surface area (Å²) >= 11 is 0. The van der Waals surface area contributed by atoms with Crippen molar-refractivity contribution in [1.82, 2.24) is 19.1 Å². The monoisotopic (exact) mass is 311 g/mol. The predicted octanol–water partition coefficient (Wildman–Crippen LogP) is -0.133. The molecule has 0 bridgehead atoms. The number of carbonyl (C=O) groups is 1. The molecule has 114 valence electrons. The number of hydrogen-bond donors (Lipinski definition) is 1.